The number of thiophene rings is 1. The van der Waals surface area contributed by atoms with E-state index in [2.05, 4.69) is 5.32 Å². The number of halogens is 1. The third kappa shape index (κ3) is 3.00. The molecule has 0 aliphatic carbocycles. The van der Waals surface area contributed by atoms with Gasteiger partial charge in [-0.05, 0) is 49.2 Å². The lowest BCUT2D eigenvalue weighted by atomic mass is 10.1. The number of hydrogen-bond acceptors (Lipinski definition) is 3. The van der Waals surface area contributed by atoms with Gasteiger partial charge in [0.2, 0.25) is 5.91 Å². The second-order valence-corrected chi connectivity index (χ2v) is 6.92. The van der Waals surface area contributed by atoms with Gasteiger partial charge in [0, 0.05) is 24.3 Å². The van der Waals surface area contributed by atoms with Crippen LogP contribution in [0.1, 0.15) is 28.1 Å². The maximum atomic E-state index is 12.1. The molecule has 1 aliphatic heterocycles. The van der Waals surface area contributed by atoms with E-state index >= 15 is 0 Å². The predicted octanol–water partition coefficient (Wildman–Crippen LogP) is 4.09. The SMILES string of the molecule is Cc1cc(NC(=O)c2ccc(Cl)s2)ccc1N1CCCC1=O. The summed E-state index contributed by atoms with van der Waals surface area (Å²) in [6.07, 6.45) is 1.51. The maximum absolute atomic E-state index is 12.1. The van der Waals surface area contributed by atoms with Gasteiger partial charge in [0.25, 0.3) is 5.91 Å². The van der Waals surface area contributed by atoms with E-state index in [0.717, 1.165) is 24.2 Å². The summed E-state index contributed by atoms with van der Waals surface area (Å²) in [6.45, 7) is 2.71. The molecule has 0 unspecified atom stereocenters. The van der Waals surface area contributed by atoms with Crippen LogP contribution >= 0.6 is 22.9 Å². The third-order valence-corrected chi connectivity index (χ3v) is 4.85. The Bertz CT molecular complexity index is 741. The summed E-state index contributed by atoms with van der Waals surface area (Å²) in [5.74, 6) is -0.0191. The van der Waals surface area contributed by atoms with Gasteiger partial charge < -0.3 is 10.2 Å². The average Bonchev–Trinajstić information content (AvgIpc) is 3.08. The van der Waals surface area contributed by atoms with E-state index in [0.29, 0.717) is 21.3 Å². The zero-order valence-electron chi connectivity index (χ0n) is 12.1. The van der Waals surface area contributed by atoms with Gasteiger partial charge in [-0.1, -0.05) is 11.6 Å². The molecule has 2 aromatic rings. The molecule has 1 aliphatic rings. The predicted molar refractivity (Wildman–Crippen MR) is 90.0 cm³/mol. The first-order valence-electron chi connectivity index (χ1n) is 7.02. The van der Waals surface area contributed by atoms with Crippen LogP contribution in [0.5, 0.6) is 0 Å². The molecule has 1 fully saturated rings. The lowest BCUT2D eigenvalue weighted by Gasteiger charge is -2.19. The first-order chi connectivity index (χ1) is 10.5. The zero-order valence-corrected chi connectivity index (χ0v) is 13.6. The molecule has 2 amide bonds. The van der Waals surface area contributed by atoms with E-state index in [9.17, 15) is 9.59 Å². The molecule has 22 heavy (non-hydrogen) atoms. The summed E-state index contributed by atoms with van der Waals surface area (Å²) < 4.78 is 0.587. The van der Waals surface area contributed by atoms with Gasteiger partial charge in [-0.2, -0.15) is 0 Å². The molecule has 114 valence electrons. The van der Waals surface area contributed by atoms with Gasteiger partial charge in [-0.3, -0.25) is 9.59 Å². The highest BCUT2D eigenvalue weighted by Crippen LogP contribution is 2.28. The lowest BCUT2D eigenvalue weighted by Crippen LogP contribution is -2.24. The minimum Gasteiger partial charge on any atom is -0.321 e. The number of nitrogens with one attached hydrogen (secondary N) is 1. The third-order valence-electron chi connectivity index (χ3n) is 3.62. The Morgan fingerprint density at radius 3 is 2.73 bits per heavy atom. The number of amides is 2. The van der Waals surface area contributed by atoms with E-state index in [4.69, 9.17) is 11.6 Å². The van der Waals surface area contributed by atoms with Crippen molar-refractivity contribution in [3.63, 3.8) is 0 Å². The van der Waals surface area contributed by atoms with Crippen molar-refractivity contribution in [2.45, 2.75) is 19.8 Å². The largest absolute Gasteiger partial charge is 0.321 e. The Labute approximate surface area is 137 Å². The minimum absolute atomic E-state index is 0.160. The van der Waals surface area contributed by atoms with E-state index in [-0.39, 0.29) is 11.8 Å². The first kappa shape index (κ1) is 15.1. The summed E-state index contributed by atoms with van der Waals surface area (Å²) in [4.78, 5) is 26.3. The van der Waals surface area contributed by atoms with Crippen LogP contribution in [0.15, 0.2) is 30.3 Å². The number of hydrogen-bond donors (Lipinski definition) is 1. The molecular weight excluding hydrogens is 320 g/mol. The molecule has 1 aromatic heterocycles. The fourth-order valence-corrected chi connectivity index (χ4v) is 3.51. The van der Waals surface area contributed by atoms with Crippen LogP contribution in [0.2, 0.25) is 4.34 Å². The second kappa shape index (κ2) is 6.10. The van der Waals surface area contributed by atoms with E-state index in [1.54, 1.807) is 17.0 Å². The first-order valence-corrected chi connectivity index (χ1v) is 8.22. The van der Waals surface area contributed by atoms with Crippen molar-refractivity contribution >= 4 is 46.1 Å². The number of carbonyl (C=O) groups excluding carboxylic acids is 2. The molecule has 2 heterocycles. The highest BCUT2D eigenvalue weighted by atomic mass is 35.5. The quantitative estimate of drug-likeness (QED) is 0.919. The molecule has 1 saturated heterocycles. The van der Waals surface area contributed by atoms with E-state index in [1.165, 1.54) is 11.3 Å². The van der Waals surface area contributed by atoms with Crippen LogP contribution in [0.3, 0.4) is 0 Å². The van der Waals surface area contributed by atoms with E-state index < -0.39 is 0 Å². The van der Waals surface area contributed by atoms with Crippen molar-refractivity contribution in [3.8, 4) is 0 Å². The topological polar surface area (TPSA) is 49.4 Å². The fourth-order valence-electron chi connectivity index (χ4n) is 2.57. The second-order valence-electron chi connectivity index (χ2n) is 5.21. The molecule has 4 nitrogen and oxygen atoms in total. The molecule has 6 heteroatoms. The lowest BCUT2D eigenvalue weighted by molar-refractivity contribution is -0.117. The average molecular weight is 335 g/mol. The fraction of sp³-hybridized carbons (Fsp3) is 0.250. The van der Waals surface area contributed by atoms with Crippen LogP contribution < -0.4 is 10.2 Å². The van der Waals surface area contributed by atoms with Gasteiger partial charge in [-0.25, -0.2) is 0 Å². The van der Waals surface area contributed by atoms with Gasteiger partial charge in [0.15, 0.2) is 0 Å². The van der Waals surface area contributed by atoms with Gasteiger partial charge in [0.05, 0.1) is 9.21 Å². The van der Waals surface area contributed by atoms with Crippen molar-refractivity contribution in [3.05, 3.63) is 45.1 Å². The molecule has 0 spiro atoms. The zero-order chi connectivity index (χ0) is 15.7. The molecule has 0 saturated carbocycles. The van der Waals surface area contributed by atoms with Crippen molar-refractivity contribution in [2.24, 2.45) is 0 Å². The number of anilines is 2. The molecule has 0 atom stereocenters. The van der Waals surface area contributed by atoms with Gasteiger partial charge in [0.1, 0.15) is 0 Å². The number of benzene rings is 1. The summed E-state index contributed by atoms with van der Waals surface area (Å²) in [6, 6.07) is 8.99. The highest BCUT2D eigenvalue weighted by molar-refractivity contribution is 7.18. The Morgan fingerprint density at radius 1 is 1.32 bits per heavy atom. The Balaban J connectivity index is 1.77. The molecule has 0 bridgehead atoms. The minimum atomic E-state index is -0.179. The van der Waals surface area contributed by atoms with E-state index in [1.807, 2.05) is 25.1 Å². The number of rotatable bonds is 3. The molecule has 1 aromatic carbocycles. The monoisotopic (exact) mass is 334 g/mol. The summed E-state index contributed by atoms with van der Waals surface area (Å²) in [7, 11) is 0. The Morgan fingerprint density at radius 2 is 2.14 bits per heavy atom. The number of nitrogens with zero attached hydrogens (tertiary/aromatic N) is 1. The molecule has 0 radical (unpaired) electrons. The maximum Gasteiger partial charge on any atom is 0.265 e. The Kier molecular flexibility index (Phi) is 4.18. The normalized spacial score (nSPS) is 14.5. The molecule has 3 rings (SSSR count). The van der Waals surface area contributed by atoms with Crippen LogP contribution in [0.4, 0.5) is 11.4 Å². The van der Waals surface area contributed by atoms with Crippen LogP contribution in [-0.2, 0) is 4.79 Å². The van der Waals surface area contributed by atoms with Crippen molar-refractivity contribution in [1.29, 1.82) is 0 Å². The summed E-state index contributed by atoms with van der Waals surface area (Å²) >= 11 is 7.08. The molecule has 1 N–H and O–H groups in total. The number of aryl methyl sites for hydroxylation is 1. The van der Waals surface area contributed by atoms with Crippen LogP contribution in [0, 0.1) is 6.92 Å². The molecular formula is C16H15ClN2O2S. The highest BCUT2D eigenvalue weighted by Gasteiger charge is 2.23. The van der Waals surface area contributed by atoms with Gasteiger partial charge >= 0.3 is 0 Å². The van der Waals surface area contributed by atoms with Crippen molar-refractivity contribution in [2.75, 3.05) is 16.8 Å². The summed E-state index contributed by atoms with van der Waals surface area (Å²) in [5.41, 5.74) is 2.60. The Hall–Kier alpha value is -1.85. The van der Waals surface area contributed by atoms with Crippen LogP contribution in [-0.4, -0.2) is 18.4 Å². The van der Waals surface area contributed by atoms with Gasteiger partial charge in [-0.15, -0.1) is 11.3 Å². The van der Waals surface area contributed by atoms with Crippen molar-refractivity contribution < 1.29 is 9.59 Å². The van der Waals surface area contributed by atoms with Crippen LogP contribution in [0.25, 0.3) is 0 Å². The summed E-state index contributed by atoms with van der Waals surface area (Å²) in [5, 5.41) is 2.85. The van der Waals surface area contributed by atoms with Crippen molar-refractivity contribution in [1.82, 2.24) is 0 Å². The smallest absolute Gasteiger partial charge is 0.265 e. The number of carbonyl (C=O) groups is 2. The standard InChI is InChI=1S/C16H15ClN2O2S/c1-10-9-11(18-16(21)13-6-7-14(17)22-13)4-5-12(10)19-8-2-3-15(19)20/h4-7,9H,2-3,8H2,1H3,(H,18,21).